The summed E-state index contributed by atoms with van der Waals surface area (Å²) in [5.74, 6) is 0. The van der Waals surface area contributed by atoms with Crippen LogP contribution >= 0.6 is 0 Å². The molecule has 31 heavy (non-hydrogen) atoms. The molecule has 0 spiro atoms. The van der Waals surface area contributed by atoms with Gasteiger partial charge in [0, 0.05) is 19.5 Å². The fourth-order valence-electron chi connectivity index (χ4n) is 2.84. The first-order valence-electron chi connectivity index (χ1n) is 10.7. The van der Waals surface area contributed by atoms with Crippen molar-refractivity contribution in [1.82, 2.24) is 0 Å². The Kier molecular flexibility index (Phi) is 22.4. The van der Waals surface area contributed by atoms with Crippen LogP contribution in [0.5, 0.6) is 0 Å². The van der Waals surface area contributed by atoms with E-state index in [2.05, 4.69) is 21.3 Å². The first kappa shape index (κ1) is 35.6. The summed E-state index contributed by atoms with van der Waals surface area (Å²) in [7, 11) is 0. The molecule has 0 N–H and O–H groups in total. The van der Waals surface area contributed by atoms with E-state index in [9.17, 15) is 26.3 Å². The zero-order chi connectivity index (χ0) is 23.8. The summed E-state index contributed by atoms with van der Waals surface area (Å²) in [5, 5.41) is 15.4. The molecule has 0 saturated carbocycles. The molecule has 0 bridgehead atoms. The van der Waals surface area contributed by atoms with E-state index in [4.69, 9.17) is 0 Å². The van der Waals surface area contributed by atoms with E-state index in [1.165, 1.54) is 0 Å². The minimum absolute atomic E-state index is 0. The summed E-state index contributed by atoms with van der Waals surface area (Å²) < 4.78 is 75.1. The van der Waals surface area contributed by atoms with Crippen molar-refractivity contribution in [3.8, 4) is 0 Å². The van der Waals surface area contributed by atoms with Gasteiger partial charge >= 0.3 is 12.4 Å². The van der Waals surface area contributed by atoms with Gasteiger partial charge in [-0.05, 0) is 12.1 Å². The average molecular weight is 514 g/mol. The van der Waals surface area contributed by atoms with Gasteiger partial charge in [0.05, 0.1) is 0 Å². The molecular weight excluding hydrogens is 476 g/mol. The van der Waals surface area contributed by atoms with Crippen LogP contribution in [0.3, 0.4) is 0 Å². The summed E-state index contributed by atoms with van der Waals surface area (Å²) in [5.41, 5.74) is 0. The normalized spacial score (nSPS) is 15.9. The maximum Gasteiger partial charge on any atom is 0.373 e. The Hall–Kier alpha value is 0.0434. The Morgan fingerprint density at radius 3 is 0.935 bits per heavy atom. The van der Waals surface area contributed by atoms with Gasteiger partial charge in [-0.2, -0.15) is 52.5 Å². The van der Waals surface area contributed by atoms with Gasteiger partial charge < -0.3 is 21.3 Å². The van der Waals surface area contributed by atoms with Gasteiger partial charge in [-0.1, -0.05) is 67.2 Å². The smallest absolute Gasteiger partial charge is 0.373 e. The van der Waals surface area contributed by atoms with Crippen LogP contribution in [0.25, 0.3) is 21.3 Å². The minimum Gasteiger partial charge on any atom is -0.660 e. The second-order valence-corrected chi connectivity index (χ2v) is 6.71. The first-order chi connectivity index (χ1) is 13.9. The number of hydrogen-bond donors (Lipinski definition) is 0. The second kappa shape index (κ2) is 19.5. The number of rotatable bonds is 14. The third-order valence-corrected chi connectivity index (χ3v) is 4.38. The molecule has 11 heteroatoms. The summed E-state index contributed by atoms with van der Waals surface area (Å²) in [4.78, 5) is 0. The maximum atomic E-state index is 12.5. The van der Waals surface area contributed by atoms with E-state index in [1.54, 1.807) is 13.8 Å². The van der Waals surface area contributed by atoms with Gasteiger partial charge in [0.1, 0.15) is 0 Å². The van der Waals surface area contributed by atoms with Crippen molar-refractivity contribution in [2.75, 3.05) is 26.2 Å². The van der Waals surface area contributed by atoms with E-state index in [0.29, 0.717) is 25.9 Å². The number of hydrogen-bond acceptors (Lipinski definition) is 0. The molecule has 4 unspecified atom stereocenters. The van der Waals surface area contributed by atoms with Crippen LogP contribution in [0.2, 0.25) is 0 Å². The molecule has 4 nitrogen and oxygen atoms in total. The Bertz CT molecular complexity index is 361. The standard InChI is InChI=1S/2C10H19F3N2.Zn/c2*1-4-8(14-5-2)7-9(15-6-3)10(11,12)13;/h2*8-9H,4-7H2,1-3H3;/q2*-2;. The van der Waals surface area contributed by atoms with E-state index in [0.717, 1.165) is 0 Å². The molecule has 0 aromatic rings. The number of halogens is 6. The van der Waals surface area contributed by atoms with Gasteiger partial charge in [-0.15, -0.1) is 12.1 Å². The van der Waals surface area contributed by atoms with Gasteiger partial charge in [0.15, 0.2) is 0 Å². The van der Waals surface area contributed by atoms with Crippen molar-refractivity contribution in [3.05, 3.63) is 21.3 Å². The fraction of sp³-hybridized carbons (Fsp3) is 1.00. The van der Waals surface area contributed by atoms with Crippen LogP contribution in [0.15, 0.2) is 0 Å². The largest absolute Gasteiger partial charge is 0.660 e. The number of nitrogens with zero attached hydrogens (tertiary/aromatic N) is 4. The predicted molar refractivity (Wildman–Crippen MR) is 113 cm³/mol. The van der Waals surface area contributed by atoms with Crippen molar-refractivity contribution in [2.45, 2.75) is 104 Å². The number of alkyl halides is 6. The molecule has 0 aromatic heterocycles. The van der Waals surface area contributed by atoms with Gasteiger partial charge in [0.25, 0.3) is 0 Å². The molecule has 0 saturated heterocycles. The molecule has 0 aromatic carbocycles. The third kappa shape index (κ3) is 18.2. The van der Waals surface area contributed by atoms with Gasteiger partial charge in [-0.3, -0.25) is 0 Å². The molecule has 0 aliphatic rings. The summed E-state index contributed by atoms with van der Waals surface area (Å²) in [6, 6.07) is -3.56. The quantitative estimate of drug-likeness (QED) is 0.168. The third-order valence-electron chi connectivity index (χ3n) is 4.38. The Morgan fingerprint density at radius 2 is 0.774 bits per heavy atom. The molecule has 0 fully saturated rings. The Balaban J connectivity index is -0.000000490. The molecular formula is C20H38F6N4Zn-4. The zero-order valence-corrected chi connectivity index (χ0v) is 22.7. The van der Waals surface area contributed by atoms with Crippen LogP contribution in [0.4, 0.5) is 26.3 Å². The second-order valence-electron chi connectivity index (χ2n) is 6.71. The Morgan fingerprint density at radius 1 is 0.516 bits per heavy atom. The topological polar surface area (TPSA) is 56.4 Å². The molecule has 0 aliphatic heterocycles. The van der Waals surface area contributed by atoms with Crippen LogP contribution < -0.4 is 0 Å². The average Bonchev–Trinajstić information content (AvgIpc) is 2.65. The van der Waals surface area contributed by atoms with E-state index in [-0.39, 0.29) is 57.5 Å². The van der Waals surface area contributed by atoms with Crippen molar-refractivity contribution in [3.63, 3.8) is 0 Å². The van der Waals surface area contributed by atoms with Crippen molar-refractivity contribution >= 4 is 0 Å². The SMILES string of the molecule is CC[N-]C(CC)CC([N-]CC)C(F)(F)F.CC[N-]C(CC)CC([N-]CC)C(F)(F)F.[Zn]. The maximum absolute atomic E-state index is 12.5. The van der Waals surface area contributed by atoms with Crippen molar-refractivity contribution in [1.29, 1.82) is 0 Å². The minimum atomic E-state index is -4.23. The molecule has 0 amide bonds. The van der Waals surface area contributed by atoms with E-state index >= 15 is 0 Å². The summed E-state index contributed by atoms with van der Waals surface area (Å²) in [6.07, 6.45) is -7.21. The monoisotopic (exact) mass is 512 g/mol. The summed E-state index contributed by atoms with van der Waals surface area (Å²) in [6.45, 7) is 12.1. The molecule has 0 heterocycles. The van der Waals surface area contributed by atoms with Crippen molar-refractivity contribution in [2.24, 2.45) is 0 Å². The zero-order valence-electron chi connectivity index (χ0n) is 19.7. The molecule has 0 rings (SSSR count). The van der Waals surface area contributed by atoms with Gasteiger partial charge in [0.2, 0.25) is 0 Å². The van der Waals surface area contributed by atoms with Crippen LogP contribution in [0.1, 0.15) is 67.2 Å². The van der Waals surface area contributed by atoms with Crippen LogP contribution in [-0.2, 0) is 19.5 Å². The van der Waals surface area contributed by atoms with Gasteiger partial charge in [-0.25, -0.2) is 0 Å². The van der Waals surface area contributed by atoms with Crippen molar-refractivity contribution < 1.29 is 45.8 Å². The van der Waals surface area contributed by atoms with Crippen LogP contribution in [-0.4, -0.2) is 62.7 Å². The molecule has 186 valence electrons. The molecule has 0 radical (unpaired) electrons. The fourth-order valence-corrected chi connectivity index (χ4v) is 2.84. The van der Waals surface area contributed by atoms with Crippen LogP contribution in [0, 0.1) is 0 Å². The first-order valence-corrected chi connectivity index (χ1v) is 10.7. The van der Waals surface area contributed by atoms with E-state index in [1.807, 2.05) is 27.7 Å². The molecule has 0 aliphatic carbocycles. The predicted octanol–water partition coefficient (Wildman–Crippen LogP) is 7.74. The van der Waals surface area contributed by atoms with E-state index < -0.39 is 24.4 Å². The Labute approximate surface area is 197 Å². The summed E-state index contributed by atoms with van der Waals surface area (Å²) >= 11 is 0. The molecule has 4 atom stereocenters.